The Labute approximate surface area is 208 Å². The number of benzene rings is 2. The summed E-state index contributed by atoms with van der Waals surface area (Å²) >= 11 is 6.04. The number of H-pyrrole nitrogens is 1. The van der Waals surface area contributed by atoms with Gasteiger partial charge in [-0.2, -0.15) is 9.40 Å². The number of nitrogens with one attached hydrogen (secondary N) is 2. The highest BCUT2D eigenvalue weighted by atomic mass is 35.5. The molecule has 186 valence electrons. The summed E-state index contributed by atoms with van der Waals surface area (Å²) in [5.41, 5.74) is 1.76. The van der Waals surface area contributed by atoms with Gasteiger partial charge in [-0.05, 0) is 37.1 Å². The molecule has 10 nitrogen and oxygen atoms in total. The Morgan fingerprint density at radius 2 is 2.06 bits per heavy atom. The van der Waals surface area contributed by atoms with Crippen molar-refractivity contribution in [2.75, 3.05) is 50.2 Å². The maximum absolute atomic E-state index is 13.1. The molecule has 1 fully saturated rings. The van der Waals surface area contributed by atoms with Crippen LogP contribution in [0.1, 0.15) is 12.8 Å². The lowest BCUT2D eigenvalue weighted by molar-refractivity contribution is -0.116. The molecule has 0 radical (unpaired) electrons. The van der Waals surface area contributed by atoms with E-state index in [2.05, 4.69) is 20.4 Å². The molecule has 0 spiro atoms. The number of rotatable bonds is 6. The normalized spacial score (nSPS) is 16.8. The number of hydrogen-bond donors (Lipinski definition) is 2. The number of nitrogens with zero attached hydrogens (tertiary/aromatic N) is 3. The van der Waals surface area contributed by atoms with Crippen molar-refractivity contribution in [3.05, 3.63) is 41.6 Å². The molecule has 0 unspecified atom stereocenters. The van der Waals surface area contributed by atoms with Crippen LogP contribution in [-0.2, 0) is 19.6 Å². The van der Waals surface area contributed by atoms with E-state index in [4.69, 9.17) is 21.1 Å². The zero-order chi connectivity index (χ0) is 24.6. The van der Waals surface area contributed by atoms with Crippen LogP contribution in [-0.4, -0.2) is 74.8 Å². The minimum Gasteiger partial charge on any atom is -0.489 e. The molecule has 2 aliphatic heterocycles. The molecule has 3 aromatic rings. The molecular formula is C23H26ClN5O5S. The predicted molar refractivity (Wildman–Crippen MR) is 133 cm³/mol. The van der Waals surface area contributed by atoms with E-state index >= 15 is 0 Å². The second-order valence-corrected chi connectivity index (χ2v) is 11.0. The summed E-state index contributed by atoms with van der Waals surface area (Å²) in [5.74, 6) is 0.226. The summed E-state index contributed by atoms with van der Waals surface area (Å²) < 4.78 is 38.6. The van der Waals surface area contributed by atoms with Gasteiger partial charge in [0.2, 0.25) is 15.9 Å². The summed E-state index contributed by atoms with van der Waals surface area (Å²) in [6, 6.07) is 10.6. The fourth-order valence-electron chi connectivity index (χ4n) is 4.54. The first kappa shape index (κ1) is 23.9. The Balaban J connectivity index is 1.28. The number of anilines is 2. The first-order chi connectivity index (χ1) is 16.8. The predicted octanol–water partition coefficient (Wildman–Crippen LogP) is 2.85. The molecule has 0 aliphatic carbocycles. The van der Waals surface area contributed by atoms with Crippen molar-refractivity contribution in [1.82, 2.24) is 14.5 Å². The number of fused-ring (bicyclic) bond motifs is 2. The molecule has 0 atom stereocenters. The van der Waals surface area contributed by atoms with Gasteiger partial charge in [0.1, 0.15) is 27.9 Å². The highest BCUT2D eigenvalue weighted by Gasteiger charge is 2.29. The average Bonchev–Trinajstić information content (AvgIpc) is 3.24. The van der Waals surface area contributed by atoms with Crippen molar-refractivity contribution < 1.29 is 22.7 Å². The highest BCUT2D eigenvalue weighted by Crippen LogP contribution is 2.37. The third-order valence-corrected chi connectivity index (χ3v) is 8.45. The van der Waals surface area contributed by atoms with Gasteiger partial charge in [0.05, 0.1) is 18.8 Å². The number of aromatic nitrogens is 2. The van der Waals surface area contributed by atoms with Crippen LogP contribution in [0.4, 0.5) is 11.4 Å². The van der Waals surface area contributed by atoms with Gasteiger partial charge in [0.15, 0.2) is 0 Å². The van der Waals surface area contributed by atoms with Crippen LogP contribution >= 0.6 is 11.6 Å². The third-order valence-electron chi connectivity index (χ3n) is 6.33. The van der Waals surface area contributed by atoms with Crippen LogP contribution < -0.4 is 15.0 Å². The monoisotopic (exact) mass is 519 g/mol. The zero-order valence-electron chi connectivity index (χ0n) is 19.2. The first-order valence-electron chi connectivity index (χ1n) is 11.3. The molecule has 12 heteroatoms. The number of ether oxygens (including phenoxy) is 2. The molecule has 1 amide bonds. The Morgan fingerprint density at radius 3 is 2.86 bits per heavy atom. The minimum atomic E-state index is -3.98. The Morgan fingerprint density at radius 1 is 1.26 bits per heavy atom. The zero-order valence-corrected chi connectivity index (χ0v) is 20.7. The van der Waals surface area contributed by atoms with Gasteiger partial charge in [-0.15, -0.1) is 0 Å². The molecule has 0 saturated carbocycles. The van der Waals surface area contributed by atoms with E-state index < -0.39 is 15.9 Å². The van der Waals surface area contributed by atoms with Crippen molar-refractivity contribution in [1.29, 1.82) is 0 Å². The lowest BCUT2D eigenvalue weighted by atomic mass is 10.0. The van der Waals surface area contributed by atoms with E-state index in [1.54, 1.807) is 24.3 Å². The second kappa shape index (κ2) is 9.65. The van der Waals surface area contributed by atoms with Gasteiger partial charge in [-0.1, -0.05) is 17.7 Å². The molecule has 5 rings (SSSR count). The molecule has 0 bridgehead atoms. The standard InChI is InChI=1S/C23H26ClN5O5S/c1-28(35(31,32)20-4-2-3-17-22(20)26-27-23(17)24)14-21(30)25-15-5-6-18-19(13-15)34-12-9-29(18)16-7-10-33-11-8-16/h2-6,13,16H,7-12,14H2,1H3,(H,25,30)(H,26,27). The number of sulfonamides is 1. The number of amides is 1. The second-order valence-electron chi connectivity index (χ2n) is 8.57. The Bertz CT molecular complexity index is 1360. The van der Waals surface area contributed by atoms with Crippen molar-refractivity contribution in [2.24, 2.45) is 0 Å². The number of carbonyl (C=O) groups excluding carboxylic acids is 1. The van der Waals surface area contributed by atoms with Crippen molar-refractivity contribution in [3.63, 3.8) is 0 Å². The Kier molecular flexibility index (Phi) is 6.58. The maximum Gasteiger partial charge on any atom is 0.245 e. The number of aromatic amines is 1. The largest absolute Gasteiger partial charge is 0.489 e. The Hall–Kier alpha value is -2.86. The SMILES string of the molecule is CN(CC(=O)Nc1ccc2c(c1)OCCN2C1CCOCC1)S(=O)(=O)c1cccc2c(Cl)[nH]nc12. The van der Waals surface area contributed by atoms with Gasteiger partial charge in [0.25, 0.3) is 0 Å². The summed E-state index contributed by atoms with van der Waals surface area (Å²) in [7, 11) is -2.63. The summed E-state index contributed by atoms with van der Waals surface area (Å²) in [6.07, 6.45) is 1.94. The number of hydrogen-bond acceptors (Lipinski definition) is 7. The fraction of sp³-hybridized carbons (Fsp3) is 0.391. The molecule has 3 heterocycles. The number of halogens is 1. The fourth-order valence-corrected chi connectivity index (χ4v) is 6.01. The highest BCUT2D eigenvalue weighted by molar-refractivity contribution is 7.89. The molecule has 1 saturated heterocycles. The minimum absolute atomic E-state index is 0.0242. The third kappa shape index (κ3) is 4.68. The van der Waals surface area contributed by atoms with Crippen LogP contribution in [0.5, 0.6) is 5.75 Å². The van der Waals surface area contributed by atoms with Crippen LogP contribution in [0.2, 0.25) is 5.15 Å². The molecule has 35 heavy (non-hydrogen) atoms. The van der Waals surface area contributed by atoms with Crippen molar-refractivity contribution in [3.8, 4) is 5.75 Å². The number of likely N-dealkylation sites (N-methyl/N-ethyl adjacent to an activating group) is 1. The van der Waals surface area contributed by atoms with E-state index in [0.29, 0.717) is 29.5 Å². The summed E-state index contributed by atoms with van der Waals surface area (Å²) in [5, 5.41) is 10.1. The van der Waals surface area contributed by atoms with Crippen LogP contribution in [0.25, 0.3) is 10.9 Å². The number of para-hydroxylation sites is 1. The molecule has 2 aliphatic rings. The summed E-state index contributed by atoms with van der Waals surface area (Å²) in [6.45, 7) is 2.50. The van der Waals surface area contributed by atoms with Gasteiger partial charge < -0.3 is 19.7 Å². The maximum atomic E-state index is 13.1. The smallest absolute Gasteiger partial charge is 0.245 e. The topological polar surface area (TPSA) is 117 Å². The average molecular weight is 520 g/mol. The van der Waals surface area contributed by atoms with Gasteiger partial charge >= 0.3 is 0 Å². The van der Waals surface area contributed by atoms with E-state index in [1.807, 2.05) is 6.07 Å². The van der Waals surface area contributed by atoms with Crippen LogP contribution in [0.3, 0.4) is 0 Å². The van der Waals surface area contributed by atoms with Crippen molar-refractivity contribution in [2.45, 2.75) is 23.8 Å². The lowest BCUT2D eigenvalue weighted by Gasteiger charge is -2.39. The first-order valence-corrected chi connectivity index (χ1v) is 13.2. The van der Waals surface area contributed by atoms with E-state index in [0.717, 1.165) is 42.6 Å². The molecule has 2 aromatic carbocycles. The van der Waals surface area contributed by atoms with E-state index in [-0.39, 0.29) is 22.1 Å². The van der Waals surface area contributed by atoms with Crippen LogP contribution in [0.15, 0.2) is 41.3 Å². The lowest BCUT2D eigenvalue weighted by Crippen LogP contribution is -2.44. The van der Waals surface area contributed by atoms with Crippen molar-refractivity contribution >= 4 is 49.8 Å². The van der Waals surface area contributed by atoms with Gasteiger partial charge in [-0.25, -0.2) is 8.42 Å². The van der Waals surface area contributed by atoms with Gasteiger partial charge in [0, 0.05) is 43.4 Å². The van der Waals surface area contributed by atoms with Crippen LogP contribution in [0, 0.1) is 0 Å². The summed E-state index contributed by atoms with van der Waals surface area (Å²) in [4.78, 5) is 15.0. The van der Waals surface area contributed by atoms with E-state index in [9.17, 15) is 13.2 Å². The molecular weight excluding hydrogens is 494 g/mol. The number of carbonyl (C=O) groups is 1. The quantitative estimate of drug-likeness (QED) is 0.514. The molecule has 2 N–H and O–H groups in total. The van der Waals surface area contributed by atoms with Gasteiger partial charge in [-0.3, -0.25) is 9.89 Å². The molecule has 1 aromatic heterocycles. The van der Waals surface area contributed by atoms with E-state index in [1.165, 1.54) is 13.1 Å².